The third-order valence-electron chi connectivity index (χ3n) is 5.47. The molecule has 2 aromatic carbocycles. The van der Waals surface area contributed by atoms with Gasteiger partial charge in [-0.1, -0.05) is 42.0 Å². The van der Waals surface area contributed by atoms with Gasteiger partial charge in [-0.15, -0.1) is 0 Å². The molecule has 5 heteroatoms. The number of nitrogens with one attached hydrogen (secondary N) is 2. The summed E-state index contributed by atoms with van der Waals surface area (Å²) in [5.41, 5.74) is 4.50. The monoisotopic (exact) mass is 390 g/mol. The van der Waals surface area contributed by atoms with Crippen LogP contribution in [0.1, 0.15) is 22.3 Å². The van der Waals surface area contributed by atoms with E-state index in [-0.39, 0.29) is 5.91 Å². The molecule has 2 N–H and O–H groups in total. The molecule has 150 valence electrons. The lowest BCUT2D eigenvalue weighted by atomic mass is 10.0. The van der Waals surface area contributed by atoms with E-state index < -0.39 is 0 Å². The molecule has 1 amide bonds. The maximum atomic E-state index is 13.0. The first-order valence-electron chi connectivity index (χ1n) is 10.4. The summed E-state index contributed by atoms with van der Waals surface area (Å²) < 4.78 is 5.40. The number of rotatable bonds is 6. The summed E-state index contributed by atoms with van der Waals surface area (Å²) in [4.78, 5) is 19.4. The average molecular weight is 391 g/mol. The van der Waals surface area contributed by atoms with Gasteiger partial charge < -0.3 is 15.0 Å². The van der Waals surface area contributed by atoms with E-state index in [0.29, 0.717) is 12.1 Å². The molecule has 1 saturated heterocycles. The van der Waals surface area contributed by atoms with Gasteiger partial charge in [0.15, 0.2) is 0 Å². The molecule has 0 spiro atoms. The minimum atomic E-state index is -0.0304. The van der Waals surface area contributed by atoms with Crippen LogP contribution in [0.4, 0.5) is 0 Å². The van der Waals surface area contributed by atoms with Crippen molar-refractivity contribution >= 4 is 16.8 Å². The van der Waals surface area contributed by atoms with Gasteiger partial charge >= 0.3 is 0 Å². The fourth-order valence-electron chi connectivity index (χ4n) is 3.83. The van der Waals surface area contributed by atoms with Crippen molar-refractivity contribution in [3.63, 3.8) is 0 Å². The molecule has 1 aliphatic rings. The lowest BCUT2D eigenvalue weighted by Crippen LogP contribution is -3.14. The molecule has 1 aliphatic heterocycles. The summed E-state index contributed by atoms with van der Waals surface area (Å²) in [5, 5.41) is 4.02. The molecule has 0 unspecified atom stereocenters. The predicted octanol–water partition coefficient (Wildman–Crippen LogP) is 2.25. The first kappa shape index (κ1) is 19.6. The smallest absolute Gasteiger partial charge is 0.252 e. The third kappa shape index (κ3) is 4.81. The fraction of sp³-hybridized carbons (Fsp3) is 0.333. The number of hydrogen-bond donors (Lipinski definition) is 2. The molecule has 5 nitrogen and oxygen atoms in total. The normalized spacial score (nSPS) is 14.8. The zero-order valence-electron chi connectivity index (χ0n) is 16.9. The Bertz CT molecular complexity index is 982. The molecular formula is C24H28N3O2+. The second-order valence-electron chi connectivity index (χ2n) is 7.66. The van der Waals surface area contributed by atoms with Crippen molar-refractivity contribution in [2.75, 3.05) is 39.4 Å². The second kappa shape index (κ2) is 9.16. The number of quaternary nitrogens is 1. The van der Waals surface area contributed by atoms with E-state index in [2.05, 4.69) is 5.32 Å². The molecule has 4 rings (SSSR count). The van der Waals surface area contributed by atoms with Gasteiger partial charge in [-0.25, -0.2) is 4.98 Å². The third-order valence-corrected chi connectivity index (χ3v) is 5.47. The molecule has 0 saturated carbocycles. The van der Waals surface area contributed by atoms with Crippen LogP contribution >= 0.6 is 0 Å². The summed E-state index contributed by atoms with van der Waals surface area (Å²) in [5.74, 6) is -0.0304. The maximum absolute atomic E-state index is 13.0. The largest absolute Gasteiger partial charge is 0.370 e. The van der Waals surface area contributed by atoms with E-state index in [4.69, 9.17) is 9.72 Å². The van der Waals surface area contributed by atoms with Crippen LogP contribution in [0, 0.1) is 6.92 Å². The summed E-state index contributed by atoms with van der Waals surface area (Å²) in [6.07, 6.45) is 0.967. The Hall–Kier alpha value is -2.76. The number of fused-ring (bicyclic) bond motifs is 1. The number of carbonyl (C=O) groups excluding carboxylic acids is 1. The molecule has 1 aromatic heterocycles. The van der Waals surface area contributed by atoms with Gasteiger partial charge in [0, 0.05) is 23.9 Å². The van der Waals surface area contributed by atoms with Crippen molar-refractivity contribution in [1.29, 1.82) is 0 Å². The van der Waals surface area contributed by atoms with Crippen molar-refractivity contribution in [1.82, 2.24) is 10.3 Å². The summed E-state index contributed by atoms with van der Waals surface area (Å²) in [6, 6.07) is 18.0. The van der Waals surface area contributed by atoms with Gasteiger partial charge in [0.1, 0.15) is 13.1 Å². The van der Waals surface area contributed by atoms with Gasteiger partial charge in [-0.05, 0) is 25.1 Å². The van der Waals surface area contributed by atoms with E-state index in [1.807, 2.05) is 61.5 Å². The van der Waals surface area contributed by atoms with Crippen molar-refractivity contribution in [3.05, 3.63) is 65.7 Å². The number of aromatic nitrogens is 1. The Balaban J connectivity index is 1.52. The highest BCUT2D eigenvalue weighted by molar-refractivity contribution is 6.07. The van der Waals surface area contributed by atoms with Crippen LogP contribution in [-0.4, -0.2) is 50.3 Å². The van der Waals surface area contributed by atoms with E-state index in [9.17, 15) is 4.79 Å². The lowest BCUT2D eigenvalue weighted by Gasteiger charge is -2.23. The van der Waals surface area contributed by atoms with Crippen molar-refractivity contribution in [2.45, 2.75) is 13.3 Å². The molecule has 2 heterocycles. The summed E-state index contributed by atoms with van der Waals surface area (Å²) in [6.45, 7) is 7.58. The molecule has 0 atom stereocenters. The number of morpholine rings is 1. The summed E-state index contributed by atoms with van der Waals surface area (Å²) in [7, 11) is 0. The Morgan fingerprint density at radius 1 is 1.10 bits per heavy atom. The van der Waals surface area contributed by atoms with Crippen molar-refractivity contribution < 1.29 is 14.4 Å². The number of pyridine rings is 1. The summed E-state index contributed by atoms with van der Waals surface area (Å²) >= 11 is 0. The molecular weight excluding hydrogens is 362 g/mol. The Kier molecular flexibility index (Phi) is 6.17. The number of benzene rings is 2. The van der Waals surface area contributed by atoms with E-state index in [1.165, 1.54) is 0 Å². The van der Waals surface area contributed by atoms with Crippen LogP contribution in [0.3, 0.4) is 0 Å². The lowest BCUT2D eigenvalue weighted by molar-refractivity contribution is -0.908. The maximum Gasteiger partial charge on any atom is 0.252 e. The van der Waals surface area contributed by atoms with Crippen LogP contribution in [0.5, 0.6) is 0 Å². The topological polar surface area (TPSA) is 55.7 Å². The fourth-order valence-corrected chi connectivity index (χ4v) is 3.83. The predicted molar refractivity (Wildman–Crippen MR) is 115 cm³/mol. The highest BCUT2D eigenvalue weighted by Gasteiger charge is 2.16. The van der Waals surface area contributed by atoms with Gasteiger partial charge in [0.2, 0.25) is 0 Å². The van der Waals surface area contributed by atoms with Crippen LogP contribution in [0.2, 0.25) is 0 Å². The van der Waals surface area contributed by atoms with Crippen molar-refractivity contribution in [3.8, 4) is 11.3 Å². The average Bonchev–Trinajstić information content (AvgIpc) is 2.77. The van der Waals surface area contributed by atoms with Crippen LogP contribution in [-0.2, 0) is 4.74 Å². The van der Waals surface area contributed by atoms with Crippen molar-refractivity contribution in [2.24, 2.45) is 0 Å². The molecule has 3 aromatic rings. The van der Waals surface area contributed by atoms with E-state index in [0.717, 1.165) is 67.0 Å². The molecule has 0 aliphatic carbocycles. The van der Waals surface area contributed by atoms with Gasteiger partial charge in [-0.2, -0.15) is 0 Å². The highest BCUT2D eigenvalue weighted by atomic mass is 16.5. The van der Waals surface area contributed by atoms with Crippen LogP contribution < -0.4 is 10.2 Å². The van der Waals surface area contributed by atoms with E-state index in [1.54, 1.807) is 4.90 Å². The quantitative estimate of drug-likeness (QED) is 0.635. The first-order valence-corrected chi connectivity index (χ1v) is 10.4. The first-order chi connectivity index (χ1) is 14.2. The Morgan fingerprint density at radius 2 is 1.90 bits per heavy atom. The Labute approximate surface area is 171 Å². The number of hydrogen-bond acceptors (Lipinski definition) is 3. The van der Waals surface area contributed by atoms with Crippen LogP contribution in [0.15, 0.2) is 54.6 Å². The van der Waals surface area contributed by atoms with Gasteiger partial charge in [-0.3, -0.25) is 4.79 Å². The zero-order valence-corrected chi connectivity index (χ0v) is 16.9. The molecule has 0 radical (unpaired) electrons. The number of ether oxygens (including phenoxy) is 1. The molecule has 29 heavy (non-hydrogen) atoms. The SMILES string of the molecule is Cc1ccc2nc(-c3ccccc3)cc(C(=O)NCCC[NH+]3CCOCC3)c2c1. The minimum Gasteiger partial charge on any atom is -0.370 e. The van der Waals surface area contributed by atoms with Crippen LogP contribution in [0.25, 0.3) is 22.2 Å². The number of nitrogens with zero attached hydrogens (tertiary/aromatic N) is 1. The number of amides is 1. The van der Waals surface area contributed by atoms with Gasteiger partial charge in [0.05, 0.1) is 36.5 Å². The van der Waals surface area contributed by atoms with E-state index >= 15 is 0 Å². The zero-order chi connectivity index (χ0) is 20.1. The highest BCUT2D eigenvalue weighted by Crippen LogP contribution is 2.25. The number of carbonyl (C=O) groups is 1. The standard InChI is InChI=1S/C24H27N3O2/c1-18-8-9-22-20(16-18)21(17-23(26-22)19-6-3-2-4-7-19)24(28)25-10-5-11-27-12-14-29-15-13-27/h2-4,6-9,16-17H,5,10-15H2,1H3,(H,25,28)/p+1. The minimum absolute atomic E-state index is 0.0304. The Morgan fingerprint density at radius 3 is 2.69 bits per heavy atom. The van der Waals surface area contributed by atoms with Gasteiger partial charge in [0.25, 0.3) is 5.91 Å². The molecule has 1 fully saturated rings. The molecule has 0 bridgehead atoms. The number of aryl methyl sites for hydroxylation is 1. The second-order valence-corrected chi connectivity index (χ2v) is 7.66.